The normalized spacial score (nSPS) is 25.1. The second-order valence-corrected chi connectivity index (χ2v) is 5.41. The summed E-state index contributed by atoms with van der Waals surface area (Å²) in [5.74, 6) is 1.01. The minimum Gasteiger partial charge on any atom is -0.493 e. The van der Waals surface area contributed by atoms with E-state index in [1.807, 2.05) is 29.2 Å². The summed E-state index contributed by atoms with van der Waals surface area (Å²) in [7, 11) is 0. The van der Waals surface area contributed by atoms with Gasteiger partial charge in [-0.15, -0.1) is 12.4 Å². The van der Waals surface area contributed by atoms with Gasteiger partial charge < -0.3 is 15.4 Å². The zero-order chi connectivity index (χ0) is 13.2. The Kier molecular flexibility index (Phi) is 4.89. The summed E-state index contributed by atoms with van der Waals surface area (Å²) in [4.78, 5) is 14.6. The van der Waals surface area contributed by atoms with Crippen LogP contribution in [0, 0.1) is 0 Å². The van der Waals surface area contributed by atoms with E-state index in [0.29, 0.717) is 13.2 Å². The summed E-state index contributed by atoms with van der Waals surface area (Å²) in [6.07, 6.45) is 2.80. The fourth-order valence-corrected chi connectivity index (χ4v) is 3.03. The van der Waals surface area contributed by atoms with Crippen molar-refractivity contribution in [1.82, 2.24) is 4.90 Å². The second-order valence-electron chi connectivity index (χ2n) is 5.41. The molecule has 2 heterocycles. The lowest BCUT2D eigenvalue weighted by Gasteiger charge is -2.35. The molecule has 2 N–H and O–H groups in total. The molecule has 1 aromatic rings. The molecule has 1 saturated heterocycles. The summed E-state index contributed by atoms with van der Waals surface area (Å²) in [6, 6.07) is 7.99. The van der Waals surface area contributed by atoms with Gasteiger partial charge >= 0.3 is 0 Å². The predicted molar refractivity (Wildman–Crippen MR) is 80.3 cm³/mol. The Morgan fingerprint density at radius 2 is 2.10 bits per heavy atom. The number of amides is 1. The first kappa shape index (κ1) is 15.1. The quantitative estimate of drug-likeness (QED) is 0.861. The number of nitrogens with zero attached hydrogens (tertiary/aromatic N) is 1. The molecule has 0 saturated carbocycles. The zero-order valence-corrected chi connectivity index (χ0v) is 12.3. The van der Waals surface area contributed by atoms with Gasteiger partial charge in [0, 0.05) is 24.7 Å². The molecule has 0 bridgehead atoms. The van der Waals surface area contributed by atoms with Crippen molar-refractivity contribution in [2.75, 3.05) is 19.7 Å². The fourth-order valence-electron chi connectivity index (χ4n) is 3.03. The summed E-state index contributed by atoms with van der Waals surface area (Å²) in [5, 5.41) is 0. The number of benzene rings is 1. The molecule has 1 aromatic carbocycles. The number of rotatable bonds is 1. The number of fused-ring (bicyclic) bond motifs is 1. The van der Waals surface area contributed by atoms with Crippen molar-refractivity contribution in [1.29, 1.82) is 0 Å². The van der Waals surface area contributed by atoms with Gasteiger partial charge in [0.05, 0.1) is 12.5 Å². The number of ether oxygens (including phenoxy) is 1. The molecule has 1 fully saturated rings. The van der Waals surface area contributed by atoms with E-state index >= 15 is 0 Å². The van der Waals surface area contributed by atoms with Gasteiger partial charge in [-0.25, -0.2) is 0 Å². The first-order valence-corrected chi connectivity index (χ1v) is 7.02. The molecular weight excluding hydrogens is 276 g/mol. The second kappa shape index (κ2) is 6.46. The van der Waals surface area contributed by atoms with Crippen LogP contribution in [0.1, 0.15) is 30.7 Å². The van der Waals surface area contributed by atoms with Crippen LogP contribution in [0.5, 0.6) is 5.75 Å². The van der Waals surface area contributed by atoms with Gasteiger partial charge in [0.15, 0.2) is 0 Å². The highest BCUT2D eigenvalue weighted by Crippen LogP contribution is 2.34. The van der Waals surface area contributed by atoms with Crippen molar-refractivity contribution in [3.05, 3.63) is 29.8 Å². The SMILES string of the molecule is Cl.NC1CCCN(C(=O)C2CCOc3ccccc32)C1. The minimum atomic E-state index is -0.0600. The number of likely N-dealkylation sites (tertiary alicyclic amines) is 1. The molecule has 2 unspecified atom stereocenters. The maximum absolute atomic E-state index is 12.7. The lowest BCUT2D eigenvalue weighted by molar-refractivity contribution is -0.134. The van der Waals surface area contributed by atoms with Gasteiger partial charge in [0.25, 0.3) is 0 Å². The Bertz CT molecular complexity index is 481. The smallest absolute Gasteiger partial charge is 0.230 e. The van der Waals surface area contributed by atoms with Gasteiger partial charge in [-0.3, -0.25) is 4.79 Å². The maximum Gasteiger partial charge on any atom is 0.230 e. The van der Waals surface area contributed by atoms with E-state index in [1.165, 1.54) is 0 Å². The summed E-state index contributed by atoms with van der Waals surface area (Å²) in [6.45, 7) is 2.15. The molecule has 110 valence electrons. The third-order valence-corrected chi connectivity index (χ3v) is 4.03. The van der Waals surface area contributed by atoms with Gasteiger partial charge in [0.1, 0.15) is 5.75 Å². The molecule has 3 rings (SSSR count). The van der Waals surface area contributed by atoms with Crippen molar-refractivity contribution < 1.29 is 9.53 Å². The van der Waals surface area contributed by atoms with Crippen LogP contribution in [-0.2, 0) is 4.79 Å². The first-order valence-electron chi connectivity index (χ1n) is 7.02. The molecule has 2 atom stereocenters. The van der Waals surface area contributed by atoms with Crippen LogP contribution in [-0.4, -0.2) is 36.5 Å². The molecule has 0 radical (unpaired) electrons. The molecular formula is C15H21ClN2O2. The first-order chi connectivity index (χ1) is 9.25. The Labute approximate surface area is 125 Å². The highest BCUT2D eigenvalue weighted by molar-refractivity contribution is 5.85. The largest absolute Gasteiger partial charge is 0.493 e. The van der Waals surface area contributed by atoms with Crippen LogP contribution in [0.2, 0.25) is 0 Å². The highest BCUT2D eigenvalue weighted by atomic mass is 35.5. The number of para-hydroxylation sites is 1. The van der Waals surface area contributed by atoms with E-state index in [-0.39, 0.29) is 30.3 Å². The molecule has 2 aliphatic rings. The van der Waals surface area contributed by atoms with Gasteiger partial charge in [-0.05, 0) is 25.3 Å². The average Bonchev–Trinajstić information content (AvgIpc) is 2.46. The lowest BCUT2D eigenvalue weighted by Crippen LogP contribution is -2.47. The van der Waals surface area contributed by atoms with E-state index in [0.717, 1.165) is 37.1 Å². The number of hydrogen-bond donors (Lipinski definition) is 1. The number of hydrogen-bond acceptors (Lipinski definition) is 3. The van der Waals surface area contributed by atoms with Crippen molar-refractivity contribution in [3.8, 4) is 5.75 Å². The molecule has 20 heavy (non-hydrogen) atoms. The number of piperidine rings is 1. The number of carbonyl (C=O) groups excluding carboxylic acids is 1. The zero-order valence-electron chi connectivity index (χ0n) is 11.5. The van der Waals surface area contributed by atoms with Gasteiger partial charge in [-0.1, -0.05) is 18.2 Å². The Hall–Kier alpha value is -1.26. The van der Waals surface area contributed by atoms with E-state index in [2.05, 4.69) is 0 Å². The van der Waals surface area contributed by atoms with Crippen LogP contribution in [0.4, 0.5) is 0 Å². The van der Waals surface area contributed by atoms with E-state index < -0.39 is 0 Å². The standard InChI is InChI=1S/C15H20N2O2.ClH/c16-11-4-3-8-17(10-11)15(18)13-7-9-19-14-6-2-1-5-12(13)14;/h1-2,5-6,11,13H,3-4,7-10,16H2;1H. The monoisotopic (exact) mass is 296 g/mol. The van der Waals surface area contributed by atoms with Crippen LogP contribution in [0.25, 0.3) is 0 Å². The molecule has 0 aliphatic carbocycles. The molecule has 1 amide bonds. The van der Waals surface area contributed by atoms with Gasteiger partial charge in [-0.2, -0.15) is 0 Å². The minimum absolute atomic E-state index is 0. The van der Waals surface area contributed by atoms with Gasteiger partial charge in [0.2, 0.25) is 5.91 Å². The molecule has 5 heteroatoms. The third-order valence-electron chi connectivity index (χ3n) is 4.03. The Morgan fingerprint density at radius 1 is 1.30 bits per heavy atom. The van der Waals surface area contributed by atoms with Crippen molar-refractivity contribution in [3.63, 3.8) is 0 Å². The highest BCUT2D eigenvalue weighted by Gasteiger charge is 2.32. The number of halogens is 1. The van der Waals surface area contributed by atoms with Crippen LogP contribution >= 0.6 is 12.4 Å². The van der Waals surface area contributed by atoms with E-state index in [1.54, 1.807) is 0 Å². The van der Waals surface area contributed by atoms with Crippen molar-refractivity contribution >= 4 is 18.3 Å². The third kappa shape index (κ3) is 2.91. The predicted octanol–water partition coefficient (Wildman–Crippen LogP) is 1.92. The number of nitrogens with two attached hydrogens (primary N) is 1. The maximum atomic E-state index is 12.7. The molecule has 0 spiro atoms. The van der Waals surface area contributed by atoms with Crippen LogP contribution in [0.3, 0.4) is 0 Å². The summed E-state index contributed by atoms with van der Waals surface area (Å²) < 4.78 is 5.62. The van der Waals surface area contributed by atoms with E-state index in [9.17, 15) is 4.79 Å². The summed E-state index contributed by atoms with van der Waals surface area (Å²) in [5.41, 5.74) is 6.99. The summed E-state index contributed by atoms with van der Waals surface area (Å²) >= 11 is 0. The lowest BCUT2D eigenvalue weighted by atomic mass is 9.91. The fraction of sp³-hybridized carbons (Fsp3) is 0.533. The Balaban J connectivity index is 0.00000147. The van der Waals surface area contributed by atoms with Crippen LogP contribution < -0.4 is 10.5 Å². The van der Waals surface area contributed by atoms with Crippen LogP contribution in [0.15, 0.2) is 24.3 Å². The van der Waals surface area contributed by atoms with E-state index in [4.69, 9.17) is 10.5 Å². The Morgan fingerprint density at radius 3 is 2.90 bits per heavy atom. The molecule has 0 aromatic heterocycles. The molecule has 4 nitrogen and oxygen atoms in total. The molecule has 2 aliphatic heterocycles. The number of carbonyl (C=O) groups is 1. The average molecular weight is 297 g/mol. The van der Waals surface area contributed by atoms with Crippen molar-refractivity contribution in [2.24, 2.45) is 5.73 Å². The topological polar surface area (TPSA) is 55.6 Å². The van der Waals surface area contributed by atoms with Crippen molar-refractivity contribution in [2.45, 2.75) is 31.2 Å².